The fourth-order valence-corrected chi connectivity index (χ4v) is 7.97. The van der Waals surface area contributed by atoms with Crippen molar-refractivity contribution in [1.82, 2.24) is 25.6 Å². The number of alkyl carbamates (subject to hydrolysis) is 1. The van der Waals surface area contributed by atoms with Gasteiger partial charge in [-0.3, -0.25) is 4.79 Å². The molecule has 0 fully saturated rings. The van der Waals surface area contributed by atoms with Crippen molar-refractivity contribution in [3.63, 3.8) is 0 Å². The van der Waals surface area contributed by atoms with Crippen molar-refractivity contribution < 1.29 is 14.3 Å². The molecule has 2 heterocycles. The zero-order valence-corrected chi connectivity index (χ0v) is 30.0. The van der Waals surface area contributed by atoms with E-state index in [0.717, 1.165) is 66.3 Å². The highest BCUT2D eigenvalue weighted by molar-refractivity contribution is 5.90. The van der Waals surface area contributed by atoms with E-state index >= 15 is 0 Å². The third-order valence-electron chi connectivity index (χ3n) is 10.7. The van der Waals surface area contributed by atoms with E-state index in [4.69, 9.17) is 9.72 Å². The van der Waals surface area contributed by atoms with E-state index in [1.807, 2.05) is 121 Å². The van der Waals surface area contributed by atoms with Crippen molar-refractivity contribution in [2.75, 3.05) is 6.61 Å². The van der Waals surface area contributed by atoms with Gasteiger partial charge in [0.25, 0.3) is 0 Å². The molecule has 0 aliphatic heterocycles. The molecule has 8 nitrogen and oxygen atoms in total. The second-order valence-corrected chi connectivity index (χ2v) is 14.0. The lowest BCUT2D eigenvalue weighted by molar-refractivity contribution is -0.123. The Morgan fingerprint density at radius 2 is 1.35 bits per heavy atom. The van der Waals surface area contributed by atoms with E-state index in [-0.39, 0.29) is 24.9 Å². The quantitative estimate of drug-likeness (QED) is 0.107. The number of nitrogens with zero attached hydrogens (tertiary/aromatic N) is 1. The summed E-state index contributed by atoms with van der Waals surface area (Å²) in [6.45, 7) is 0.139. The number of aromatic nitrogens is 3. The highest BCUT2D eigenvalue weighted by atomic mass is 16.5. The lowest BCUT2D eigenvalue weighted by Gasteiger charge is -2.23. The highest BCUT2D eigenvalue weighted by Gasteiger charge is 2.31. The second-order valence-electron chi connectivity index (χ2n) is 14.0. The number of amides is 2. The van der Waals surface area contributed by atoms with Crippen LogP contribution in [-0.4, -0.2) is 39.6 Å². The number of nitrogens with one attached hydrogen (secondary N) is 4. The molecule has 9 rings (SSSR count). The van der Waals surface area contributed by atoms with Crippen molar-refractivity contribution in [3.8, 4) is 22.4 Å². The third kappa shape index (κ3) is 6.86. The summed E-state index contributed by atoms with van der Waals surface area (Å²) in [5.74, 6) is 0.160. The lowest BCUT2D eigenvalue weighted by Crippen LogP contribution is -2.49. The molecule has 0 saturated carbocycles. The molecule has 0 bridgehead atoms. The number of H-pyrrole nitrogens is 2. The molecule has 8 heteroatoms. The van der Waals surface area contributed by atoms with Gasteiger partial charge < -0.3 is 25.3 Å². The number of ether oxygens (including phenoxy) is 1. The average molecular weight is 722 g/mol. The van der Waals surface area contributed by atoms with E-state index in [1.54, 1.807) is 6.20 Å². The Labute approximate surface area is 318 Å². The molecule has 2 aromatic heterocycles. The number of para-hydroxylation sites is 1. The lowest BCUT2D eigenvalue weighted by atomic mass is 9.97. The molecule has 0 spiro atoms. The van der Waals surface area contributed by atoms with Gasteiger partial charge >= 0.3 is 6.09 Å². The molecule has 2 amide bonds. The van der Waals surface area contributed by atoms with Crippen molar-refractivity contribution in [2.24, 2.45) is 0 Å². The summed E-state index contributed by atoms with van der Waals surface area (Å²) in [5.41, 5.74) is 9.36. The fourth-order valence-electron chi connectivity index (χ4n) is 7.97. The van der Waals surface area contributed by atoms with Crippen LogP contribution >= 0.6 is 0 Å². The number of aromatic amines is 2. The largest absolute Gasteiger partial charge is 0.449 e. The van der Waals surface area contributed by atoms with Gasteiger partial charge in [0.1, 0.15) is 18.5 Å². The minimum Gasteiger partial charge on any atom is -0.449 e. The first-order valence-corrected chi connectivity index (χ1v) is 18.6. The van der Waals surface area contributed by atoms with E-state index < -0.39 is 18.2 Å². The van der Waals surface area contributed by atoms with Gasteiger partial charge in [0.2, 0.25) is 5.91 Å². The number of rotatable bonds is 11. The van der Waals surface area contributed by atoms with Crippen molar-refractivity contribution >= 4 is 33.7 Å². The number of hydrogen-bond donors (Lipinski definition) is 4. The first-order valence-electron chi connectivity index (χ1n) is 18.6. The Kier molecular flexibility index (Phi) is 9.14. The van der Waals surface area contributed by atoms with Gasteiger partial charge in [-0.15, -0.1) is 0 Å². The van der Waals surface area contributed by atoms with Crippen LogP contribution in [0.25, 0.3) is 44.1 Å². The van der Waals surface area contributed by atoms with Gasteiger partial charge in [-0.05, 0) is 55.8 Å². The number of benzene rings is 6. The average Bonchev–Trinajstić information content (AvgIpc) is 3.97. The first kappa shape index (κ1) is 33.9. The van der Waals surface area contributed by atoms with Crippen LogP contribution in [0.2, 0.25) is 0 Å². The summed E-state index contributed by atoms with van der Waals surface area (Å²) in [4.78, 5) is 40.0. The summed E-state index contributed by atoms with van der Waals surface area (Å²) < 4.78 is 5.97. The predicted octanol–water partition coefficient (Wildman–Crippen LogP) is 9.26. The first-order chi connectivity index (χ1) is 27.1. The SMILES string of the molecule is O=C(N[C@H](Cc1cccc2ccccc12)C(=O)N[C@H](Cc1c[nH]c2ccccc12)c1ncc(-c2ccccc2)[nH]1)OCC1c2ccccc2-c2ccccc21. The van der Waals surface area contributed by atoms with E-state index in [0.29, 0.717) is 12.2 Å². The monoisotopic (exact) mass is 721 g/mol. The molecule has 55 heavy (non-hydrogen) atoms. The van der Waals surface area contributed by atoms with Gasteiger partial charge in [0.15, 0.2) is 0 Å². The molecule has 4 N–H and O–H groups in total. The molecule has 270 valence electrons. The summed E-state index contributed by atoms with van der Waals surface area (Å²) in [6.07, 6.45) is 3.84. The molecule has 0 unspecified atom stereocenters. The molecule has 0 saturated heterocycles. The summed E-state index contributed by atoms with van der Waals surface area (Å²) in [7, 11) is 0. The van der Waals surface area contributed by atoms with E-state index in [2.05, 4.69) is 50.9 Å². The number of fused-ring (bicyclic) bond motifs is 5. The second kappa shape index (κ2) is 14.8. The van der Waals surface area contributed by atoms with Gasteiger partial charge in [-0.25, -0.2) is 9.78 Å². The highest BCUT2D eigenvalue weighted by Crippen LogP contribution is 2.44. The van der Waals surface area contributed by atoms with Gasteiger partial charge in [0, 0.05) is 35.9 Å². The predicted molar refractivity (Wildman–Crippen MR) is 217 cm³/mol. The summed E-state index contributed by atoms with van der Waals surface area (Å²) in [6, 6.07) is 47.1. The normalized spacial score (nSPS) is 13.2. The minimum atomic E-state index is -0.949. The molecule has 8 aromatic rings. The standard InChI is InChI=1S/C47H39N5O3/c53-46(51-42(26-33-27-48-41-24-11-10-19-35(33)41)45-49-28-44(50-45)31-14-2-1-3-15-31)43(25-32-17-12-16-30-13-4-5-18-34(30)32)52-47(54)55-29-40-38-22-8-6-20-36(38)37-21-7-9-23-39(37)40/h1-24,27-28,40,42-43,48H,25-26,29H2,(H,49,50)(H,51,53)(H,52,54)/t42-,43-/m1/s1. The summed E-state index contributed by atoms with van der Waals surface area (Å²) >= 11 is 0. The van der Waals surface area contributed by atoms with Crippen LogP contribution in [0.4, 0.5) is 4.79 Å². The number of imidazole rings is 1. The molecular formula is C47H39N5O3. The zero-order valence-electron chi connectivity index (χ0n) is 30.0. The van der Waals surface area contributed by atoms with E-state index in [1.165, 1.54) is 0 Å². The van der Waals surface area contributed by atoms with Gasteiger partial charge in [-0.2, -0.15) is 0 Å². The van der Waals surface area contributed by atoms with Crippen LogP contribution in [0.5, 0.6) is 0 Å². The zero-order chi connectivity index (χ0) is 37.1. The molecular weight excluding hydrogens is 683 g/mol. The Hall–Kier alpha value is -6.93. The Morgan fingerprint density at radius 1 is 0.673 bits per heavy atom. The maximum Gasteiger partial charge on any atom is 0.407 e. The summed E-state index contributed by atoms with van der Waals surface area (Å²) in [5, 5.41) is 9.40. The van der Waals surface area contributed by atoms with E-state index in [9.17, 15) is 9.59 Å². The smallest absolute Gasteiger partial charge is 0.407 e. The van der Waals surface area contributed by atoms with Crippen LogP contribution in [0, 0.1) is 0 Å². The molecule has 1 aliphatic rings. The minimum absolute atomic E-state index is 0.109. The maximum absolute atomic E-state index is 14.6. The van der Waals surface area contributed by atoms with Crippen LogP contribution < -0.4 is 10.6 Å². The maximum atomic E-state index is 14.6. The third-order valence-corrected chi connectivity index (χ3v) is 10.7. The Morgan fingerprint density at radius 3 is 2.15 bits per heavy atom. The number of hydrogen-bond acceptors (Lipinski definition) is 4. The van der Waals surface area contributed by atoms with Crippen molar-refractivity contribution in [3.05, 3.63) is 186 Å². The van der Waals surface area contributed by atoms with Crippen LogP contribution in [0.3, 0.4) is 0 Å². The van der Waals surface area contributed by atoms with Crippen molar-refractivity contribution in [1.29, 1.82) is 0 Å². The Bertz CT molecular complexity index is 2590. The molecule has 2 atom stereocenters. The topological polar surface area (TPSA) is 112 Å². The number of carbonyl (C=O) groups excluding carboxylic acids is 2. The molecule has 6 aromatic carbocycles. The Balaban J connectivity index is 1.01. The van der Waals surface area contributed by atoms with Crippen molar-refractivity contribution in [2.45, 2.75) is 30.8 Å². The molecule has 0 radical (unpaired) electrons. The fraction of sp³-hybridized carbons (Fsp3) is 0.128. The number of carbonyl (C=O) groups is 2. The molecule has 1 aliphatic carbocycles. The van der Waals surface area contributed by atoms with Crippen LogP contribution in [0.15, 0.2) is 158 Å². The van der Waals surface area contributed by atoms with Crippen LogP contribution in [0.1, 0.15) is 40.0 Å². The van der Waals surface area contributed by atoms with Gasteiger partial charge in [-0.1, -0.05) is 140 Å². The van der Waals surface area contributed by atoms with Crippen LogP contribution in [-0.2, 0) is 22.4 Å². The van der Waals surface area contributed by atoms with Gasteiger partial charge in [0.05, 0.1) is 17.9 Å².